The first kappa shape index (κ1) is 15.7. The number of carbonyl (C=O) groups is 1. The van der Waals surface area contributed by atoms with Crippen molar-refractivity contribution in [3.8, 4) is 11.3 Å². The van der Waals surface area contributed by atoms with Crippen molar-refractivity contribution < 1.29 is 14.3 Å². The molecule has 2 unspecified atom stereocenters. The van der Waals surface area contributed by atoms with Gasteiger partial charge in [0.05, 0.1) is 23.6 Å². The van der Waals surface area contributed by atoms with E-state index in [2.05, 4.69) is 10.2 Å². The van der Waals surface area contributed by atoms with E-state index < -0.39 is 5.82 Å². The second-order valence-corrected chi connectivity index (χ2v) is 6.08. The normalized spacial score (nSPS) is 20.7. The van der Waals surface area contributed by atoms with Crippen LogP contribution >= 0.6 is 0 Å². The van der Waals surface area contributed by atoms with Crippen LogP contribution in [0.15, 0.2) is 30.5 Å². The van der Waals surface area contributed by atoms with E-state index in [9.17, 15) is 14.3 Å². The highest BCUT2D eigenvalue weighted by molar-refractivity contribution is 5.99. The zero-order valence-corrected chi connectivity index (χ0v) is 13.0. The lowest BCUT2D eigenvalue weighted by molar-refractivity contribution is 0.0694. The van der Waals surface area contributed by atoms with Crippen LogP contribution in [0.2, 0.25) is 0 Å². The fourth-order valence-corrected chi connectivity index (χ4v) is 3.19. The second kappa shape index (κ2) is 6.50. The predicted octanol–water partition coefficient (Wildman–Crippen LogP) is 2.45. The molecule has 0 saturated heterocycles. The maximum absolute atomic E-state index is 14.0. The Hall–Kier alpha value is -2.21. The number of H-pyrrole nitrogens is 1. The molecule has 0 aliphatic heterocycles. The first-order chi connectivity index (χ1) is 11.1. The first-order valence-corrected chi connectivity index (χ1v) is 7.79. The number of aromatic nitrogens is 2. The molecule has 122 valence electrons. The van der Waals surface area contributed by atoms with Crippen molar-refractivity contribution in [1.82, 2.24) is 15.1 Å². The van der Waals surface area contributed by atoms with Crippen molar-refractivity contribution in [2.75, 3.05) is 13.6 Å². The molecule has 1 aliphatic carbocycles. The summed E-state index contributed by atoms with van der Waals surface area (Å²) in [6, 6.07) is 6.28. The molecule has 1 saturated carbocycles. The molecule has 0 spiro atoms. The van der Waals surface area contributed by atoms with Crippen molar-refractivity contribution >= 4 is 5.91 Å². The molecule has 23 heavy (non-hydrogen) atoms. The van der Waals surface area contributed by atoms with Gasteiger partial charge < -0.3 is 10.0 Å². The fraction of sp³-hybridized carbons (Fsp3) is 0.412. The van der Waals surface area contributed by atoms with Crippen LogP contribution in [0.25, 0.3) is 11.3 Å². The molecule has 1 aromatic carbocycles. The summed E-state index contributed by atoms with van der Waals surface area (Å²) in [5, 5.41) is 16.5. The van der Waals surface area contributed by atoms with E-state index >= 15 is 0 Å². The van der Waals surface area contributed by atoms with Gasteiger partial charge in [-0.3, -0.25) is 9.89 Å². The monoisotopic (exact) mass is 317 g/mol. The molecular weight excluding hydrogens is 297 g/mol. The molecule has 2 aromatic rings. The Balaban J connectivity index is 1.81. The van der Waals surface area contributed by atoms with Gasteiger partial charge in [0.15, 0.2) is 0 Å². The number of nitrogens with one attached hydrogen (secondary N) is 1. The molecule has 0 bridgehead atoms. The van der Waals surface area contributed by atoms with Gasteiger partial charge in [-0.15, -0.1) is 0 Å². The Bertz CT molecular complexity index is 701. The smallest absolute Gasteiger partial charge is 0.257 e. The van der Waals surface area contributed by atoms with Gasteiger partial charge >= 0.3 is 0 Å². The zero-order chi connectivity index (χ0) is 16.4. The molecule has 1 heterocycles. The molecule has 1 fully saturated rings. The number of nitrogens with zero attached hydrogens (tertiary/aromatic N) is 2. The van der Waals surface area contributed by atoms with Crippen LogP contribution in [0.4, 0.5) is 4.39 Å². The summed E-state index contributed by atoms with van der Waals surface area (Å²) in [5.41, 5.74) is 1.04. The topological polar surface area (TPSA) is 69.2 Å². The highest BCUT2D eigenvalue weighted by Gasteiger charge is 2.29. The minimum absolute atomic E-state index is 0.104. The van der Waals surface area contributed by atoms with Gasteiger partial charge in [-0.05, 0) is 25.0 Å². The van der Waals surface area contributed by atoms with Gasteiger partial charge in [-0.25, -0.2) is 4.39 Å². The SMILES string of the molecule is CN(CC1CCCC1O)C(=O)c1cn[nH]c1-c1ccccc1F. The second-order valence-electron chi connectivity index (χ2n) is 6.08. The summed E-state index contributed by atoms with van der Waals surface area (Å²) in [7, 11) is 1.70. The van der Waals surface area contributed by atoms with E-state index in [4.69, 9.17) is 0 Å². The largest absolute Gasteiger partial charge is 0.393 e. The highest BCUT2D eigenvalue weighted by Crippen LogP contribution is 2.28. The molecule has 1 aliphatic rings. The van der Waals surface area contributed by atoms with Crippen molar-refractivity contribution in [2.45, 2.75) is 25.4 Å². The maximum Gasteiger partial charge on any atom is 0.257 e. The number of aromatic amines is 1. The molecule has 1 amide bonds. The molecule has 2 atom stereocenters. The number of hydrogen-bond donors (Lipinski definition) is 2. The Labute approximate surface area is 134 Å². The van der Waals surface area contributed by atoms with E-state index in [1.807, 2.05) is 0 Å². The Morgan fingerprint density at radius 3 is 2.91 bits per heavy atom. The van der Waals surface area contributed by atoms with Crippen molar-refractivity contribution in [3.05, 3.63) is 41.8 Å². The van der Waals surface area contributed by atoms with Crippen LogP contribution in [0.3, 0.4) is 0 Å². The highest BCUT2D eigenvalue weighted by atomic mass is 19.1. The van der Waals surface area contributed by atoms with E-state index in [1.165, 1.54) is 12.3 Å². The van der Waals surface area contributed by atoms with Crippen LogP contribution in [0, 0.1) is 11.7 Å². The third-order valence-corrected chi connectivity index (χ3v) is 4.49. The van der Waals surface area contributed by atoms with E-state index in [0.29, 0.717) is 23.4 Å². The van der Waals surface area contributed by atoms with E-state index in [-0.39, 0.29) is 17.9 Å². The summed E-state index contributed by atoms with van der Waals surface area (Å²) in [6.45, 7) is 0.488. The summed E-state index contributed by atoms with van der Waals surface area (Å²) < 4.78 is 14.0. The van der Waals surface area contributed by atoms with Gasteiger partial charge in [0, 0.05) is 25.1 Å². The summed E-state index contributed by atoms with van der Waals surface area (Å²) in [4.78, 5) is 14.2. The van der Waals surface area contributed by atoms with Crippen molar-refractivity contribution in [2.24, 2.45) is 5.92 Å². The Morgan fingerprint density at radius 1 is 1.43 bits per heavy atom. The van der Waals surface area contributed by atoms with Crippen LogP contribution in [0.1, 0.15) is 29.6 Å². The lowest BCUT2D eigenvalue weighted by atomic mass is 10.0. The van der Waals surface area contributed by atoms with Crippen molar-refractivity contribution in [3.63, 3.8) is 0 Å². The third-order valence-electron chi connectivity index (χ3n) is 4.49. The minimum Gasteiger partial charge on any atom is -0.393 e. The number of carbonyl (C=O) groups excluding carboxylic acids is 1. The summed E-state index contributed by atoms with van der Waals surface area (Å²) in [6.07, 6.45) is 3.77. The van der Waals surface area contributed by atoms with Gasteiger partial charge in [0.25, 0.3) is 5.91 Å². The number of halogens is 1. The van der Waals surface area contributed by atoms with Crippen LogP contribution in [0.5, 0.6) is 0 Å². The molecule has 5 nitrogen and oxygen atoms in total. The molecule has 6 heteroatoms. The van der Waals surface area contributed by atoms with Gasteiger partial charge in [-0.2, -0.15) is 5.10 Å². The third kappa shape index (κ3) is 3.12. The lowest BCUT2D eigenvalue weighted by Crippen LogP contribution is -2.34. The van der Waals surface area contributed by atoms with Gasteiger partial charge in [0.1, 0.15) is 5.82 Å². The van der Waals surface area contributed by atoms with E-state index in [1.54, 1.807) is 30.1 Å². The van der Waals surface area contributed by atoms with Crippen LogP contribution in [-0.4, -0.2) is 45.8 Å². The summed E-state index contributed by atoms with van der Waals surface area (Å²) >= 11 is 0. The summed E-state index contributed by atoms with van der Waals surface area (Å²) in [5.74, 6) is -0.525. The Morgan fingerprint density at radius 2 is 2.22 bits per heavy atom. The quantitative estimate of drug-likeness (QED) is 0.910. The molecular formula is C17H20FN3O2. The number of hydrogen-bond acceptors (Lipinski definition) is 3. The zero-order valence-electron chi connectivity index (χ0n) is 13.0. The van der Waals surface area contributed by atoms with E-state index in [0.717, 1.165) is 19.3 Å². The van der Waals surface area contributed by atoms with Gasteiger partial charge in [-0.1, -0.05) is 18.6 Å². The molecule has 2 N–H and O–H groups in total. The minimum atomic E-state index is -0.403. The fourth-order valence-electron chi connectivity index (χ4n) is 3.19. The number of aliphatic hydroxyl groups is 1. The number of amides is 1. The predicted molar refractivity (Wildman–Crippen MR) is 84.3 cm³/mol. The molecule has 0 radical (unpaired) electrons. The first-order valence-electron chi connectivity index (χ1n) is 7.79. The number of aliphatic hydroxyl groups excluding tert-OH is 1. The Kier molecular flexibility index (Phi) is 4.43. The van der Waals surface area contributed by atoms with Crippen LogP contribution < -0.4 is 0 Å². The average molecular weight is 317 g/mol. The lowest BCUT2D eigenvalue weighted by Gasteiger charge is -2.23. The average Bonchev–Trinajstić information content (AvgIpc) is 3.17. The number of rotatable bonds is 4. The molecule has 3 rings (SSSR count). The number of benzene rings is 1. The van der Waals surface area contributed by atoms with Gasteiger partial charge in [0.2, 0.25) is 0 Å². The van der Waals surface area contributed by atoms with Crippen molar-refractivity contribution in [1.29, 1.82) is 0 Å². The van der Waals surface area contributed by atoms with Crippen LogP contribution in [-0.2, 0) is 0 Å². The standard InChI is InChI=1S/C17H20FN3O2/c1-21(10-11-5-4-8-15(11)22)17(23)13-9-19-20-16(13)12-6-2-3-7-14(12)18/h2-3,6-7,9,11,15,22H,4-5,8,10H2,1H3,(H,19,20). The molecule has 1 aromatic heterocycles. The maximum atomic E-state index is 14.0.